The van der Waals surface area contributed by atoms with E-state index in [1.807, 2.05) is 19.1 Å². The Morgan fingerprint density at radius 1 is 1.26 bits per heavy atom. The second-order valence-corrected chi connectivity index (χ2v) is 8.03. The predicted molar refractivity (Wildman–Crippen MR) is 122 cm³/mol. The first-order chi connectivity index (χ1) is 14.9. The summed E-state index contributed by atoms with van der Waals surface area (Å²) in [6.45, 7) is 2.92. The highest BCUT2D eigenvalue weighted by Gasteiger charge is 2.18. The molecule has 0 bridgehead atoms. The van der Waals surface area contributed by atoms with Crippen LogP contribution in [0.15, 0.2) is 48.8 Å². The summed E-state index contributed by atoms with van der Waals surface area (Å²) in [7, 11) is 2.06. The number of likely N-dealkylation sites (N-methyl/N-ethyl adjacent to an activating group) is 1. The molecule has 2 N–H and O–H groups in total. The topological polar surface area (TPSA) is 70.2 Å². The second kappa shape index (κ2) is 8.99. The monoisotopic (exact) mass is 439 g/mol. The molecule has 4 rings (SSSR count). The lowest BCUT2D eigenvalue weighted by Crippen LogP contribution is -2.23. The molecule has 1 aromatic heterocycles. The van der Waals surface area contributed by atoms with Gasteiger partial charge in [0.2, 0.25) is 5.91 Å². The van der Waals surface area contributed by atoms with Gasteiger partial charge in [-0.2, -0.15) is 0 Å². The van der Waals surface area contributed by atoms with Crippen molar-refractivity contribution in [2.45, 2.75) is 25.8 Å². The number of aromatic nitrogens is 2. The third kappa shape index (κ3) is 4.52. The van der Waals surface area contributed by atoms with Crippen molar-refractivity contribution >= 4 is 45.6 Å². The number of carbonyl (C=O) groups excluding carboxylic acids is 1. The number of nitrogens with zero attached hydrogens (tertiary/aromatic N) is 3. The third-order valence-corrected chi connectivity index (χ3v) is 5.86. The zero-order chi connectivity index (χ0) is 22.0. The summed E-state index contributed by atoms with van der Waals surface area (Å²) in [4.78, 5) is 23.3. The number of benzene rings is 2. The summed E-state index contributed by atoms with van der Waals surface area (Å²) >= 11 is 5.89. The minimum atomic E-state index is -0.556. The zero-order valence-electron chi connectivity index (χ0n) is 17.3. The maximum Gasteiger partial charge on any atom is 0.248 e. The van der Waals surface area contributed by atoms with Crippen LogP contribution < -0.4 is 10.6 Å². The normalized spacial score (nSPS) is 16.8. The molecule has 0 radical (unpaired) electrons. The molecule has 1 saturated heterocycles. The van der Waals surface area contributed by atoms with E-state index >= 15 is 0 Å². The fraction of sp³-hybridized carbons (Fsp3) is 0.261. The molecular weight excluding hydrogens is 417 g/mol. The number of amides is 1. The molecule has 0 spiro atoms. The average Bonchev–Trinajstić information content (AvgIpc) is 3.17. The largest absolute Gasteiger partial charge is 0.337 e. The summed E-state index contributed by atoms with van der Waals surface area (Å²) in [6.07, 6.45) is 7.13. The molecule has 2 heterocycles. The minimum absolute atomic E-state index is 0.0210. The smallest absolute Gasteiger partial charge is 0.248 e. The molecule has 3 aromatic rings. The Morgan fingerprint density at radius 2 is 2.10 bits per heavy atom. The van der Waals surface area contributed by atoms with Gasteiger partial charge in [0.1, 0.15) is 12.1 Å². The van der Waals surface area contributed by atoms with Gasteiger partial charge in [-0.15, -0.1) is 0 Å². The van der Waals surface area contributed by atoms with Crippen LogP contribution in [0.3, 0.4) is 0 Å². The number of carbonyl (C=O) groups is 1. The molecule has 1 aliphatic rings. The molecule has 0 aliphatic carbocycles. The van der Waals surface area contributed by atoms with Gasteiger partial charge in [0.15, 0.2) is 5.82 Å². The van der Waals surface area contributed by atoms with E-state index in [1.54, 1.807) is 24.3 Å². The molecule has 1 atom stereocenters. The van der Waals surface area contributed by atoms with Gasteiger partial charge < -0.3 is 10.6 Å². The van der Waals surface area contributed by atoms with Crippen molar-refractivity contribution in [3.8, 4) is 0 Å². The van der Waals surface area contributed by atoms with E-state index < -0.39 is 5.82 Å². The molecule has 0 saturated carbocycles. The number of fused-ring (bicyclic) bond motifs is 1. The van der Waals surface area contributed by atoms with Crippen LogP contribution in [0, 0.1) is 12.7 Å². The van der Waals surface area contributed by atoms with Gasteiger partial charge in [0.05, 0.1) is 16.2 Å². The van der Waals surface area contributed by atoms with Gasteiger partial charge in [0, 0.05) is 23.2 Å². The minimum Gasteiger partial charge on any atom is -0.337 e. The maximum atomic E-state index is 14.4. The van der Waals surface area contributed by atoms with E-state index in [0.29, 0.717) is 28.5 Å². The van der Waals surface area contributed by atoms with Crippen molar-refractivity contribution < 1.29 is 9.18 Å². The Kier molecular flexibility index (Phi) is 6.15. The first kappa shape index (κ1) is 21.2. The number of hydrogen-bond acceptors (Lipinski definition) is 5. The molecule has 0 unspecified atom stereocenters. The first-order valence-corrected chi connectivity index (χ1v) is 10.5. The van der Waals surface area contributed by atoms with Crippen LogP contribution in [0.4, 0.5) is 21.6 Å². The Balaban J connectivity index is 1.62. The number of anilines is 3. The lowest BCUT2D eigenvalue weighted by atomic mass is 10.1. The molecule has 1 fully saturated rings. The highest BCUT2D eigenvalue weighted by Crippen LogP contribution is 2.32. The van der Waals surface area contributed by atoms with Crippen LogP contribution in [0.1, 0.15) is 18.4 Å². The van der Waals surface area contributed by atoms with Crippen LogP contribution in [-0.4, -0.2) is 40.4 Å². The Morgan fingerprint density at radius 3 is 2.87 bits per heavy atom. The second-order valence-electron chi connectivity index (χ2n) is 7.62. The first-order valence-electron chi connectivity index (χ1n) is 10.1. The summed E-state index contributed by atoms with van der Waals surface area (Å²) in [5.74, 6) is -0.321. The molecule has 1 amide bonds. The van der Waals surface area contributed by atoms with Crippen molar-refractivity contribution in [1.29, 1.82) is 0 Å². The number of likely N-dealkylation sites (tertiary alicyclic amines) is 1. The van der Waals surface area contributed by atoms with Gasteiger partial charge in [-0.05, 0) is 63.2 Å². The summed E-state index contributed by atoms with van der Waals surface area (Å²) in [6, 6.07) is 8.62. The van der Waals surface area contributed by atoms with Crippen LogP contribution >= 0.6 is 11.6 Å². The highest BCUT2D eigenvalue weighted by atomic mass is 35.5. The van der Waals surface area contributed by atoms with Crippen LogP contribution in [0.2, 0.25) is 5.02 Å². The standard InChI is InChI=1S/C23H23ClFN5O/c1-14-17(28-20(31)11-8-15-5-4-12-30(15)2)9-10-18-21(14)23(27-13-26-18)29-19-7-3-6-16(24)22(19)25/h3,6-11,13,15H,4-5,12H2,1-2H3,(H,28,31)(H,26,27,29)/b11-8+/t15-/m1/s1. The maximum absolute atomic E-state index is 14.4. The summed E-state index contributed by atoms with van der Waals surface area (Å²) in [5.41, 5.74) is 2.32. The van der Waals surface area contributed by atoms with E-state index in [9.17, 15) is 9.18 Å². The SMILES string of the molecule is Cc1c(NC(=O)/C=C/[C@H]2CCCN2C)ccc2ncnc(Nc3cccc(Cl)c3F)c12. The Labute approximate surface area is 185 Å². The number of nitrogens with one attached hydrogen (secondary N) is 2. The van der Waals surface area contributed by atoms with Crippen LogP contribution in [-0.2, 0) is 4.79 Å². The summed E-state index contributed by atoms with van der Waals surface area (Å²) < 4.78 is 14.4. The lowest BCUT2D eigenvalue weighted by Gasteiger charge is -2.15. The van der Waals surface area contributed by atoms with Crippen molar-refractivity contribution in [3.05, 3.63) is 65.2 Å². The number of rotatable bonds is 5. The van der Waals surface area contributed by atoms with Gasteiger partial charge in [-0.3, -0.25) is 9.69 Å². The number of aryl methyl sites for hydroxylation is 1. The van der Waals surface area contributed by atoms with E-state index in [0.717, 1.165) is 24.9 Å². The molecule has 2 aromatic carbocycles. The van der Waals surface area contributed by atoms with Crippen LogP contribution in [0.25, 0.3) is 10.9 Å². The van der Waals surface area contributed by atoms with E-state index in [-0.39, 0.29) is 16.6 Å². The number of hydrogen-bond donors (Lipinski definition) is 2. The van der Waals surface area contributed by atoms with Gasteiger partial charge >= 0.3 is 0 Å². The third-order valence-electron chi connectivity index (χ3n) is 5.57. The highest BCUT2D eigenvalue weighted by molar-refractivity contribution is 6.31. The molecule has 160 valence electrons. The van der Waals surface area contributed by atoms with Crippen molar-refractivity contribution in [2.75, 3.05) is 24.2 Å². The summed E-state index contributed by atoms with van der Waals surface area (Å²) in [5, 5.41) is 6.65. The predicted octanol–water partition coefficient (Wildman–Crippen LogP) is 5.06. The number of halogens is 2. The van der Waals surface area contributed by atoms with E-state index in [2.05, 4.69) is 32.5 Å². The quantitative estimate of drug-likeness (QED) is 0.543. The van der Waals surface area contributed by atoms with Crippen molar-refractivity contribution in [2.24, 2.45) is 0 Å². The average molecular weight is 440 g/mol. The molecule has 31 heavy (non-hydrogen) atoms. The Hall–Kier alpha value is -3.03. The molecular formula is C23H23ClFN5O. The van der Waals surface area contributed by atoms with Crippen molar-refractivity contribution in [3.63, 3.8) is 0 Å². The van der Waals surface area contributed by atoms with Gasteiger partial charge in [-0.1, -0.05) is 23.7 Å². The molecule has 6 nitrogen and oxygen atoms in total. The van der Waals surface area contributed by atoms with E-state index in [4.69, 9.17) is 11.6 Å². The lowest BCUT2D eigenvalue weighted by molar-refractivity contribution is -0.111. The zero-order valence-corrected chi connectivity index (χ0v) is 18.1. The Bertz CT molecular complexity index is 1170. The van der Waals surface area contributed by atoms with Gasteiger partial charge in [0.25, 0.3) is 0 Å². The molecule has 1 aliphatic heterocycles. The van der Waals surface area contributed by atoms with Crippen LogP contribution in [0.5, 0.6) is 0 Å². The molecule has 8 heteroatoms. The fourth-order valence-electron chi connectivity index (χ4n) is 3.83. The van der Waals surface area contributed by atoms with E-state index in [1.165, 1.54) is 12.4 Å². The fourth-order valence-corrected chi connectivity index (χ4v) is 4.00. The van der Waals surface area contributed by atoms with Crippen molar-refractivity contribution in [1.82, 2.24) is 14.9 Å². The van der Waals surface area contributed by atoms with Gasteiger partial charge in [-0.25, -0.2) is 14.4 Å².